The monoisotopic (exact) mass is 1320 g/mol. The van der Waals surface area contributed by atoms with Gasteiger partial charge in [-0.15, -0.1) is 0 Å². The van der Waals surface area contributed by atoms with E-state index in [-0.39, 0.29) is 49.9 Å². The zero-order valence-corrected chi connectivity index (χ0v) is 50.7. The summed E-state index contributed by atoms with van der Waals surface area (Å²) in [6, 6.07) is 40.9. The second kappa shape index (κ2) is 28.5. The number of carbonyl (C=O) groups is 6. The van der Waals surface area contributed by atoms with E-state index in [0.717, 1.165) is 92.3 Å². The summed E-state index contributed by atoms with van der Waals surface area (Å²) in [5.41, 5.74) is 1.47. The third-order valence-corrected chi connectivity index (χ3v) is 16.8. The molecule has 8 atom stereocenters. The van der Waals surface area contributed by atoms with Gasteiger partial charge in [0, 0.05) is 23.5 Å². The number of phenols is 2. The van der Waals surface area contributed by atoms with Crippen LogP contribution in [0.3, 0.4) is 0 Å². The lowest BCUT2D eigenvalue weighted by molar-refractivity contribution is -0.135. The van der Waals surface area contributed by atoms with Crippen molar-refractivity contribution >= 4 is 111 Å². The van der Waals surface area contributed by atoms with E-state index in [9.17, 15) is 39.0 Å². The molecule has 4 aliphatic heterocycles. The molecule has 0 bridgehead atoms. The molecule has 0 aromatic heterocycles. The number of unbranched alkanes of at least 4 members (excludes halogenated alkanes) is 4. The molecule has 2 N–H and O–H groups in total. The predicted molar refractivity (Wildman–Crippen MR) is 331 cm³/mol. The molecular weight excluding hydrogens is 1260 g/mol. The van der Waals surface area contributed by atoms with Gasteiger partial charge in [-0.1, -0.05) is 93.2 Å². The Morgan fingerprint density at radius 2 is 0.625 bits per heavy atom. The van der Waals surface area contributed by atoms with E-state index in [4.69, 9.17) is 47.4 Å². The fourth-order valence-corrected chi connectivity index (χ4v) is 11.9. The van der Waals surface area contributed by atoms with E-state index in [0.29, 0.717) is 46.6 Å². The number of aromatic hydroxyl groups is 2. The fraction of sp³-hybridized carbons (Fsp3) is 0.324. The molecule has 4 heterocycles. The SMILES string of the molecule is O=C(CCCCCBr)Oc1ccc2cc(C(=O)O[C@H]3CO[C@H]4[C@@H]3OC[C@H]4OC(=O)c3ccc4cc(OC(=O)CCCCCBr)ccc4c3)ccc2c1.O=C(O[C@H]1CO[C@H]2[C@@H]1OC[C@H]2OC(=O)c1ccc2cc(O)ccc2c1)c1ccc2cc(O)ccc2c1. The zero-order valence-electron chi connectivity index (χ0n) is 47.6. The molecule has 0 unspecified atom stereocenters. The normalized spacial score (nSPS) is 20.8. The number of carbonyl (C=O) groups excluding carboxylic acids is 6. The third kappa shape index (κ3) is 14.9. The van der Waals surface area contributed by atoms with Crippen molar-refractivity contribution in [2.24, 2.45) is 0 Å². The van der Waals surface area contributed by atoms with Crippen molar-refractivity contribution in [3.8, 4) is 23.0 Å². The molecular formula is C68H62Br2O18. The number of fused-ring (bicyclic) bond motifs is 6. The first-order chi connectivity index (χ1) is 42.7. The minimum Gasteiger partial charge on any atom is -0.508 e. The molecule has 456 valence electrons. The molecule has 0 saturated carbocycles. The van der Waals surface area contributed by atoms with Crippen molar-refractivity contribution in [3.63, 3.8) is 0 Å². The topological polar surface area (TPSA) is 235 Å². The average molecular weight is 1330 g/mol. The second-order valence-corrected chi connectivity index (χ2v) is 23.4. The van der Waals surface area contributed by atoms with Gasteiger partial charge in [0.1, 0.15) is 47.4 Å². The highest BCUT2D eigenvalue weighted by atomic mass is 79.9. The summed E-state index contributed by atoms with van der Waals surface area (Å²) in [5, 5.41) is 27.5. The molecule has 8 aromatic carbocycles. The third-order valence-electron chi connectivity index (χ3n) is 15.7. The lowest BCUT2D eigenvalue weighted by Crippen LogP contribution is -2.36. The summed E-state index contributed by atoms with van der Waals surface area (Å²) in [6.45, 7) is 0.479. The van der Waals surface area contributed by atoms with Gasteiger partial charge in [-0.3, -0.25) is 9.59 Å². The first-order valence-electron chi connectivity index (χ1n) is 29.1. The molecule has 0 aliphatic carbocycles. The first-order valence-corrected chi connectivity index (χ1v) is 31.4. The van der Waals surface area contributed by atoms with E-state index in [1.807, 2.05) is 0 Å². The quantitative estimate of drug-likeness (QED) is 0.0237. The van der Waals surface area contributed by atoms with E-state index in [2.05, 4.69) is 31.9 Å². The smallest absolute Gasteiger partial charge is 0.338 e. The number of rotatable bonds is 20. The first kappa shape index (κ1) is 61.7. The van der Waals surface area contributed by atoms with Crippen molar-refractivity contribution < 1.29 is 86.3 Å². The van der Waals surface area contributed by atoms with Crippen LogP contribution in [0.25, 0.3) is 43.1 Å². The molecule has 18 nitrogen and oxygen atoms in total. The molecule has 0 amide bonds. The lowest BCUT2D eigenvalue weighted by atomic mass is 10.1. The Bertz CT molecular complexity index is 3660. The van der Waals surface area contributed by atoms with Gasteiger partial charge in [0.2, 0.25) is 0 Å². The summed E-state index contributed by atoms with van der Waals surface area (Å²) in [5.74, 6) is -1.40. The summed E-state index contributed by atoms with van der Waals surface area (Å²) in [7, 11) is 0. The van der Waals surface area contributed by atoms with Crippen LogP contribution in [-0.4, -0.2) is 132 Å². The molecule has 88 heavy (non-hydrogen) atoms. The van der Waals surface area contributed by atoms with Crippen LogP contribution in [0.5, 0.6) is 23.0 Å². The van der Waals surface area contributed by atoms with Crippen LogP contribution in [0.4, 0.5) is 0 Å². The molecule has 4 fully saturated rings. The van der Waals surface area contributed by atoms with Gasteiger partial charge >= 0.3 is 35.8 Å². The summed E-state index contributed by atoms with van der Waals surface area (Å²) >= 11 is 6.78. The number of benzene rings is 8. The molecule has 4 aliphatic rings. The number of esters is 6. The predicted octanol–water partition coefficient (Wildman–Crippen LogP) is 12.2. The van der Waals surface area contributed by atoms with Crippen molar-refractivity contribution in [1.29, 1.82) is 0 Å². The fourth-order valence-electron chi connectivity index (χ4n) is 11.1. The average Bonchev–Trinajstić information content (AvgIpc) is 2.55. The molecule has 0 spiro atoms. The lowest BCUT2D eigenvalue weighted by Gasteiger charge is -2.17. The Hall–Kier alpha value is -7.98. The van der Waals surface area contributed by atoms with Crippen LogP contribution in [0.15, 0.2) is 146 Å². The van der Waals surface area contributed by atoms with Crippen molar-refractivity contribution in [2.45, 2.75) is 100 Å². The van der Waals surface area contributed by atoms with Crippen LogP contribution in [0.1, 0.15) is 92.8 Å². The minimum atomic E-state index is -0.675. The molecule has 12 rings (SSSR count). The number of hydrogen-bond acceptors (Lipinski definition) is 18. The van der Waals surface area contributed by atoms with Crippen LogP contribution in [0, 0.1) is 0 Å². The highest BCUT2D eigenvalue weighted by molar-refractivity contribution is 9.09. The van der Waals surface area contributed by atoms with Gasteiger partial charge in [-0.05, 0) is 166 Å². The Morgan fingerprint density at radius 1 is 0.352 bits per heavy atom. The van der Waals surface area contributed by atoms with Crippen LogP contribution in [-0.2, 0) is 47.5 Å². The zero-order chi connectivity index (χ0) is 61.3. The number of hydrogen-bond donors (Lipinski definition) is 2. The van der Waals surface area contributed by atoms with Crippen molar-refractivity contribution in [3.05, 3.63) is 168 Å². The standard InChI is InChI=1S/C40H40Br2O10.C28H22O8/c41-17-5-1-3-7-35(43)49-31-15-13-25-19-29(11-9-27(25)21-31)39(45)51-33-23-47-38-34(24-48-37(33)38)52-40(46)30-12-10-28-22-32(16-14-26(28)20-30)50-36(44)8-4-2-6-18-42;29-21-7-5-15-9-19(3-1-17(15)11-21)27(31)35-23-13-33-26-24(14-34-25(23)26)36-28(32)20-4-2-18-12-22(30)8-6-16(18)10-20/h9-16,19-22,33-34,37-38H,1-8,17-18,23-24H2;1-12,23-26,29-30H,13-14H2/t33-,34+,37-,38-;23-,24+,25-,26-/m11/s1. The second-order valence-electron chi connectivity index (χ2n) is 21.9. The molecule has 0 radical (unpaired) electrons. The number of alkyl halides is 2. The Balaban J connectivity index is 0.000000194. The van der Waals surface area contributed by atoms with Gasteiger partial charge < -0.3 is 57.6 Å². The molecule has 20 heteroatoms. The number of halogens is 2. The van der Waals surface area contributed by atoms with Gasteiger partial charge in [-0.2, -0.15) is 0 Å². The Labute approximate surface area is 522 Å². The van der Waals surface area contributed by atoms with Crippen LogP contribution >= 0.6 is 31.9 Å². The Morgan fingerprint density at radius 3 is 0.932 bits per heavy atom. The van der Waals surface area contributed by atoms with Crippen molar-refractivity contribution in [1.82, 2.24) is 0 Å². The summed E-state index contributed by atoms with van der Waals surface area (Å²) in [4.78, 5) is 76.3. The van der Waals surface area contributed by atoms with E-state index in [1.54, 1.807) is 146 Å². The highest BCUT2D eigenvalue weighted by Crippen LogP contribution is 2.35. The van der Waals surface area contributed by atoms with Crippen LogP contribution in [0.2, 0.25) is 0 Å². The van der Waals surface area contributed by atoms with Crippen molar-refractivity contribution in [2.75, 3.05) is 37.1 Å². The van der Waals surface area contributed by atoms with Gasteiger partial charge in [0.15, 0.2) is 24.4 Å². The maximum atomic E-state index is 13.2. The molecule has 4 saturated heterocycles. The van der Waals surface area contributed by atoms with Crippen LogP contribution < -0.4 is 9.47 Å². The van der Waals surface area contributed by atoms with E-state index < -0.39 is 72.7 Å². The molecule has 8 aromatic rings. The van der Waals surface area contributed by atoms with Gasteiger partial charge in [-0.25, -0.2) is 19.2 Å². The highest BCUT2D eigenvalue weighted by Gasteiger charge is 2.52. The number of phenolic OH excluding ortho intramolecular Hbond substituents is 2. The maximum absolute atomic E-state index is 13.2. The maximum Gasteiger partial charge on any atom is 0.338 e. The van der Waals surface area contributed by atoms with E-state index >= 15 is 0 Å². The van der Waals surface area contributed by atoms with E-state index in [1.165, 1.54) is 0 Å². The Kier molecular flexibility index (Phi) is 19.9. The van der Waals surface area contributed by atoms with Gasteiger partial charge in [0.25, 0.3) is 0 Å². The van der Waals surface area contributed by atoms with Gasteiger partial charge in [0.05, 0.1) is 48.7 Å². The number of ether oxygens (including phenoxy) is 10. The largest absolute Gasteiger partial charge is 0.508 e. The summed E-state index contributed by atoms with van der Waals surface area (Å²) in [6.07, 6.45) is 1.38. The minimum absolute atomic E-state index is 0.104. The summed E-state index contributed by atoms with van der Waals surface area (Å²) < 4.78 is 57.4.